The second-order valence-corrected chi connectivity index (χ2v) is 5.88. The van der Waals surface area contributed by atoms with Crippen LogP contribution in [0, 0.1) is 0 Å². The van der Waals surface area contributed by atoms with E-state index in [4.69, 9.17) is 0 Å². The molecule has 1 rings (SSSR count). The third kappa shape index (κ3) is 6.39. The maximum atomic E-state index is 11.9. The van der Waals surface area contributed by atoms with Crippen molar-refractivity contribution in [2.45, 2.75) is 52.5 Å². The van der Waals surface area contributed by atoms with Crippen molar-refractivity contribution in [3.05, 3.63) is 29.8 Å². The number of benzene rings is 1. The van der Waals surface area contributed by atoms with Gasteiger partial charge in [-0.3, -0.25) is 4.79 Å². The van der Waals surface area contributed by atoms with Crippen molar-refractivity contribution in [2.24, 2.45) is 0 Å². The summed E-state index contributed by atoms with van der Waals surface area (Å²) < 4.78 is 0. The Morgan fingerprint density at radius 2 is 1.89 bits per heavy atom. The molecule has 0 atom stereocenters. The van der Waals surface area contributed by atoms with E-state index in [2.05, 4.69) is 44.4 Å². The molecule has 0 aromatic heterocycles. The SMILES string of the molecule is CCCc1ccccc1NC(=O)CCNC(C)(C)C. The van der Waals surface area contributed by atoms with Crippen LogP contribution in [0.15, 0.2) is 24.3 Å². The van der Waals surface area contributed by atoms with Crippen LogP contribution < -0.4 is 10.6 Å². The molecule has 0 saturated carbocycles. The number of carbonyl (C=O) groups is 1. The van der Waals surface area contributed by atoms with E-state index in [9.17, 15) is 4.79 Å². The number of amides is 1. The lowest BCUT2D eigenvalue weighted by atomic mass is 10.1. The second kappa shape index (κ2) is 7.29. The Morgan fingerprint density at radius 1 is 1.21 bits per heavy atom. The summed E-state index contributed by atoms with van der Waals surface area (Å²) >= 11 is 0. The van der Waals surface area contributed by atoms with Gasteiger partial charge >= 0.3 is 0 Å². The highest BCUT2D eigenvalue weighted by molar-refractivity contribution is 5.91. The van der Waals surface area contributed by atoms with Gasteiger partial charge in [0, 0.05) is 24.2 Å². The van der Waals surface area contributed by atoms with Gasteiger partial charge in [0.1, 0.15) is 0 Å². The van der Waals surface area contributed by atoms with Gasteiger partial charge in [-0.15, -0.1) is 0 Å². The van der Waals surface area contributed by atoms with Crippen LogP contribution in [-0.4, -0.2) is 18.0 Å². The van der Waals surface area contributed by atoms with Crippen LogP contribution in [0.3, 0.4) is 0 Å². The minimum atomic E-state index is 0.0560. The van der Waals surface area contributed by atoms with E-state index in [-0.39, 0.29) is 11.4 Å². The standard InChI is InChI=1S/C16H26N2O/c1-5-8-13-9-6-7-10-14(13)18-15(19)11-12-17-16(2,3)4/h6-7,9-10,17H,5,8,11-12H2,1-4H3,(H,18,19). The molecule has 0 bridgehead atoms. The van der Waals surface area contributed by atoms with Crippen LogP contribution in [0.25, 0.3) is 0 Å². The van der Waals surface area contributed by atoms with Gasteiger partial charge < -0.3 is 10.6 Å². The van der Waals surface area contributed by atoms with Gasteiger partial charge in [-0.25, -0.2) is 0 Å². The number of hydrogen-bond acceptors (Lipinski definition) is 2. The van der Waals surface area contributed by atoms with Crippen LogP contribution in [-0.2, 0) is 11.2 Å². The molecule has 1 aromatic carbocycles. The topological polar surface area (TPSA) is 41.1 Å². The summed E-state index contributed by atoms with van der Waals surface area (Å²) in [4.78, 5) is 11.9. The molecule has 106 valence electrons. The van der Waals surface area contributed by atoms with Gasteiger partial charge in [-0.2, -0.15) is 0 Å². The number of rotatable bonds is 6. The fourth-order valence-corrected chi connectivity index (χ4v) is 1.89. The highest BCUT2D eigenvalue weighted by Gasteiger charge is 2.10. The number of hydrogen-bond donors (Lipinski definition) is 2. The molecule has 2 N–H and O–H groups in total. The highest BCUT2D eigenvalue weighted by atomic mass is 16.1. The van der Waals surface area contributed by atoms with Gasteiger partial charge in [-0.1, -0.05) is 31.5 Å². The summed E-state index contributed by atoms with van der Waals surface area (Å²) in [5, 5.41) is 6.32. The first-order valence-corrected chi connectivity index (χ1v) is 7.05. The molecule has 3 heteroatoms. The number of nitrogens with one attached hydrogen (secondary N) is 2. The molecule has 0 unspecified atom stereocenters. The highest BCUT2D eigenvalue weighted by Crippen LogP contribution is 2.16. The van der Waals surface area contributed by atoms with Crippen LogP contribution in [0.2, 0.25) is 0 Å². The van der Waals surface area contributed by atoms with Crippen molar-refractivity contribution in [1.29, 1.82) is 0 Å². The van der Waals surface area contributed by atoms with Crippen molar-refractivity contribution in [2.75, 3.05) is 11.9 Å². The number of carbonyl (C=O) groups excluding carboxylic acids is 1. The van der Waals surface area contributed by atoms with Crippen LogP contribution in [0.4, 0.5) is 5.69 Å². The van der Waals surface area contributed by atoms with E-state index in [0.29, 0.717) is 13.0 Å². The monoisotopic (exact) mass is 262 g/mol. The van der Waals surface area contributed by atoms with Crippen molar-refractivity contribution >= 4 is 11.6 Å². The largest absolute Gasteiger partial charge is 0.326 e. The predicted molar refractivity (Wildman–Crippen MR) is 81.4 cm³/mol. The molecule has 0 fully saturated rings. The molecule has 0 radical (unpaired) electrons. The fourth-order valence-electron chi connectivity index (χ4n) is 1.89. The van der Waals surface area contributed by atoms with Gasteiger partial charge in [0.05, 0.1) is 0 Å². The molecule has 19 heavy (non-hydrogen) atoms. The molecule has 1 amide bonds. The first kappa shape index (κ1) is 15.7. The number of para-hydroxylation sites is 1. The van der Waals surface area contributed by atoms with Gasteiger partial charge in [0.2, 0.25) is 5.91 Å². The van der Waals surface area contributed by atoms with Gasteiger partial charge in [0.15, 0.2) is 0 Å². The Hall–Kier alpha value is -1.35. The maximum absolute atomic E-state index is 11.9. The van der Waals surface area contributed by atoms with E-state index >= 15 is 0 Å². The minimum Gasteiger partial charge on any atom is -0.326 e. The summed E-state index contributed by atoms with van der Waals surface area (Å²) in [6.07, 6.45) is 2.58. The Balaban J connectivity index is 2.48. The summed E-state index contributed by atoms with van der Waals surface area (Å²) in [7, 11) is 0. The molecule has 0 aliphatic rings. The van der Waals surface area contributed by atoms with E-state index < -0.39 is 0 Å². The normalized spacial score (nSPS) is 11.4. The maximum Gasteiger partial charge on any atom is 0.225 e. The Morgan fingerprint density at radius 3 is 2.53 bits per heavy atom. The Bertz CT molecular complexity index is 407. The van der Waals surface area contributed by atoms with Crippen LogP contribution in [0.1, 0.15) is 46.1 Å². The molecule has 1 aromatic rings. The van der Waals surface area contributed by atoms with Gasteiger partial charge in [0.25, 0.3) is 0 Å². The average molecular weight is 262 g/mol. The van der Waals surface area contributed by atoms with Crippen LogP contribution in [0.5, 0.6) is 0 Å². The summed E-state index contributed by atoms with van der Waals surface area (Å²) in [6, 6.07) is 8.02. The zero-order chi connectivity index (χ0) is 14.3. The molecule has 0 heterocycles. The average Bonchev–Trinajstić information content (AvgIpc) is 2.30. The third-order valence-electron chi connectivity index (χ3n) is 2.82. The van der Waals surface area contributed by atoms with Crippen molar-refractivity contribution in [3.63, 3.8) is 0 Å². The minimum absolute atomic E-state index is 0.0560. The summed E-state index contributed by atoms with van der Waals surface area (Å²) in [5.74, 6) is 0.0697. The lowest BCUT2D eigenvalue weighted by Crippen LogP contribution is -2.37. The van der Waals surface area contributed by atoms with Crippen molar-refractivity contribution in [3.8, 4) is 0 Å². The zero-order valence-corrected chi connectivity index (χ0v) is 12.5. The van der Waals surface area contributed by atoms with E-state index in [1.807, 2.05) is 18.2 Å². The molecule has 0 spiro atoms. The lowest BCUT2D eigenvalue weighted by Gasteiger charge is -2.20. The lowest BCUT2D eigenvalue weighted by molar-refractivity contribution is -0.116. The Kier molecular flexibility index (Phi) is 6.03. The first-order chi connectivity index (χ1) is 8.92. The smallest absolute Gasteiger partial charge is 0.225 e. The molecule has 3 nitrogen and oxygen atoms in total. The molecular weight excluding hydrogens is 236 g/mol. The van der Waals surface area contributed by atoms with Gasteiger partial charge in [-0.05, 0) is 38.8 Å². The number of anilines is 1. The Labute approximate surface area is 116 Å². The van der Waals surface area contributed by atoms with Crippen molar-refractivity contribution < 1.29 is 4.79 Å². The van der Waals surface area contributed by atoms with E-state index in [1.165, 1.54) is 5.56 Å². The second-order valence-electron chi connectivity index (χ2n) is 5.88. The fraction of sp³-hybridized carbons (Fsp3) is 0.562. The molecule has 0 aliphatic heterocycles. The quantitative estimate of drug-likeness (QED) is 0.825. The summed E-state index contributed by atoms with van der Waals surface area (Å²) in [6.45, 7) is 9.14. The number of aryl methyl sites for hydroxylation is 1. The van der Waals surface area contributed by atoms with Crippen LogP contribution >= 0.6 is 0 Å². The van der Waals surface area contributed by atoms with E-state index in [0.717, 1.165) is 18.5 Å². The third-order valence-corrected chi connectivity index (χ3v) is 2.82. The van der Waals surface area contributed by atoms with E-state index in [1.54, 1.807) is 0 Å². The zero-order valence-electron chi connectivity index (χ0n) is 12.5. The predicted octanol–water partition coefficient (Wildman–Crippen LogP) is 3.36. The first-order valence-electron chi connectivity index (χ1n) is 7.05. The summed E-state index contributed by atoms with van der Waals surface area (Å²) in [5.41, 5.74) is 2.22. The molecule has 0 aliphatic carbocycles. The molecular formula is C16H26N2O. The van der Waals surface area contributed by atoms with Crippen molar-refractivity contribution in [1.82, 2.24) is 5.32 Å². The molecule has 0 saturated heterocycles.